The molecule has 0 radical (unpaired) electrons. The second-order valence-electron chi connectivity index (χ2n) is 2.43. The minimum atomic E-state index is -4.01. The molecule has 1 unspecified atom stereocenters. The van der Waals surface area contributed by atoms with Crippen LogP contribution in [-0.4, -0.2) is 33.8 Å². The van der Waals surface area contributed by atoms with E-state index >= 15 is 0 Å². The molecule has 4 N–H and O–H groups in total. The fourth-order valence-corrected chi connectivity index (χ4v) is 1.17. The highest BCUT2D eigenvalue weighted by molar-refractivity contribution is 7.51. The molecule has 1 atom stereocenters. The zero-order valence-electron chi connectivity index (χ0n) is 6.68. The van der Waals surface area contributed by atoms with Gasteiger partial charge in [-0.25, -0.2) is 0 Å². The van der Waals surface area contributed by atoms with Gasteiger partial charge in [0.05, 0.1) is 12.9 Å². The first-order chi connectivity index (χ1) is 5.49. The van der Waals surface area contributed by atoms with Crippen LogP contribution in [0.25, 0.3) is 0 Å². The highest BCUT2D eigenvalue weighted by Gasteiger charge is 2.14. The molecule has 0 spiro atoms. The molecule has 0 aromatic heterocycles. The number of hydrogen-bond acceptors (Lipinski definition) is 3. The van der Waals surface area contributed by atoms with E-state index in [0.717, 1.165) is 0 Å². The zero-order chi connectivity index (χ0) is 9.61. The van der Waals surface area contributed by atoms with E-state index in [9.17, 15) is 4.57 Å². The molecular formula is C6H14NO4P. The van der Waals surface area contributed by atoms with E-state index in [1.807, 2.05) is 0 Å². The molecule has 0 aliphatic heterocycles. The lowest BCUT2D eigenvalue weighted by molar-refractivity contribution is 0.245. The summed E-state index contributed by atoms with van der Waals surface area (Å²) >= 11 is 0. The van der Waals surface area contributed by atoms with Crippen molar-refractivity contribution in [3.63, 3.8) is 0 Å². The van der Waals surface area contributed by atoms with Gasteiger partial charge in [-0.2, -0.15) is 0 Å². The Hall–Kier alpha value is -0.190. The van der Waals surface area contributed by atoms with Crippen LogP contribution in [0.3, 0.4) is 0 Å². The van der Waals surface area contributed by atoms with Gasteiger partial charge < -0.3 is 20.2 Å². The third-order valence-corrected chi connectivity index (χ3v) is 1.85. The Morgan fingerprint density at radius 2 is 2.17 bits per heavy atom. The van der Waals surface area contributed by atoms with E-state index in [2.05, 4.69) is 11.9 Å². The number of nitrogens with one attached hydrogen (secondary N) is 1. The maximum absolute atomic E-state index is 10.4. The summed E-state index contributed by atoms with van der Waals surface area (Å²) in [7, 11) is -4.01. The van der Waals surface area contributed by atoms with E-state index in [0.29, 0.717) is 6.42 Å². The SMILES string of the molecule is C=CCC(CO)NCP(=O)(O)O. The summed E-state index contributed by atoms with van der Waals surface area (Å²) in [6, 6.07) is -0.324. The van der Waals surface area contributed by atoms with Gasteiger partial charge in [-0.1, -0.05) is 6.08 Å². The number of aliphatic hydroxyl groups excluding tert-OH is 1. The van der Waals surface area contributed by atoms with Crippen LogP contribution in [0.1, 0.15) is 6.42 Å². The highest BCUT2D eigenvalue weighted by Crippen LogP contribution is 2.32. The topological polar surface area (TPSA) is 89.8 Å². The molecule has 6 heteroatoms. The number of rotatable bonds is 6. The predicted molar refractivity (Wildman–Crippen MR) is 45.7 cm³/mol. The summed E-state index contributed by atoms with van der Waals surface area (Å²) in [6.45, 7) is 3.29. The van der Waals surface area contributed by atoms with Crippen molar-refractivity contribution in [1.82, 2.24) is 5.32 Å². The predicted octanol–water partition coefficient (Wildman–Crippen LogP) is -0.352. The average Bonchev–Trinajstić information content (AvgIpc) is 1.96. The molecule has 0 aromatic rings. The molecule has 0 saturated heterocycles. The molecular weight excluding hydrogens is 181 g/mol. The van der Waals surface area contributed by atoms with E-state index in [1.165, 1.54) is 0 Å². The van der Waals surface area contributed by atoms with Gasteiger partial charge in [-0.05, 0) is 6.42 Å². The second-order valence-corrected chi connectivity index (χ2v) is 4.08. The van der Waals surface area contributed by atoms with Crippen molar-refractivity contribution in [3.05, 3.63) is 12.7 Å². The van der Waals surface area contributed by atoms with Crippen LogP contribution in [0.4, 0.5) is 0 Å². The van der Waals surface area contributed by atoms with Gasteiger partial charge in [0, 0.05) is 6.04 Å². The molecule has 12 heavy (non-hydrogen) atoms. The van der Waals surface area contributed by atoms with Crippen LogP contribution in [0.2, 0.25) is 0 Å². The van der Waals surface area contributed by atoms with Crippen LogP contribution in [0.15, 0.2) is 12.7 Å². The normalized spacial score (nSPS) is 14.2. The lowest BCUT2D eigenvalue weighted by Gasteiger charge is -2.14. The van der Waals surface area contributed by atoms with Crippen molar-refractivity contribution in [1.29, 1.82) is 0 Å². The number of aliphatic hydroxyl groups is 1. The molecule has 0 saturated carbocycles. The molecule has 0 rings (SSSR count). The summed E-state index contributed by atoms with van der Waals surface area (Å²) in [5.74, 6) is 0. The van der Waals surface area contributed by atoms with Crippen LogP contribution in [0.5, 0.6) is 0 Å². The van der Waals surface area contributed by atoms with E-state index < -0.39 is 13.9 Å². The standard InChI is InChI=1S/C6H14NO4P/c1-2-3-6(4-8)7-5-12(9,10)11/h2,6-8H,1,3-5H2,(H2,9,10,11). The van der Waals surface area contributed by atoms with Crippen molar-refractivity contribution < 1.29 is 19.5 Å². The smallest absolute Gasteiger partial charge is 0.339 e. The van der Waals surface area contributed by atoms with Crippen molar-refractivity contribution >= 4 is 7.60 Å². The van der Waals surface area contributed by atoms with Crippen LogP contribution in [-0.2, 0) is 4.57 Å². The molecule has 0 aromatic carbocycles. The Bertz CT molecular complexity index is 178. The molecule has 0 fully saturated rings. The summed E-state index contributed by atoms with van der Waals surface area (Å²) in [5.41, 5.74) is 0. The average molecular weight is 195 g/mol. The van der Waals surface area contributed by atoms with Crippen LogP contribution in [0, 0.1) is 0 Å². The monoisotopic (exact) mass is 195 g/mol. The van der Waals surface area contributed by atoms with Gasteiger partial charge in [-0.15, -0.1) is 6.58 Å². The molecule has 0 aliphatic carbocycles. The first kappa shape index (κ1) is 11.8. The van der Waals surface area contributed by atoms with Crippen molar-refractivity contribution in [2.75, 3.05) is 12.9 Å². The molecule has 0 amide bonds. The quantitative estimate of drug-likeness (QED) is 0.343. The first-order valence-electron chi connectivity index (χ1n) is 3.49. The Morgan fingerprint density at radius 1 is 1.58 bits per heavy atom. The molecule has 0 aliphatic rings. The molecule has 0 bridgehead atoms. The summed E-state index contributed by atoms with van der Waals surface area (Å²) < 4.78 is 10.4. The fraction of sp³-hybridized carbons (Fsp3) is 0.667. The summed E-state index contributed by atoms with van der Waals surface area (Å²) in [6.07, 6.45) is 1.65. The second kappa shape index (κ2) is 5.45. The van der Waals surface area contributed by atoms with E-state index in [4.69, 9.17) is 14.9 Å². The van der Waals surface area contributed by atoms with E-state index in [-0.39, 0.29) is 12.6 Å². The number of hydrogen-bond donors (Lipinski definition) is 4. The summed E-state index contributed by atoms with van der Waals surface area (Å²) in [4.78, 5) is 16.9. The third-order valence-electron chi connectivity index (χ3n) is 1.26. The van der Waals surface area contributed by atoms with Crippen LogP contribution < -0.4 is 5.32 Å². The third kappa shape index (κ3) is 6.52. The maximum atomic E-state index is 10.4. The summed E-state index contributed by atoms with van der Waals surface area (Å²) in [5, 5.41) is 11.2. The molecule has 72 valence electrons. The van der Waals surface area contributed by atoms with Gasteiger partial charge in [0.1, 0.15) is 0 Å². The Morgan fingerprint density at radius 3 is 2.50 bits per heavy atom. The maximum Gasteiger partial charge on any atom is 0.339 e. The highest BCUT2D eigenvalue weighted by atomic mass is 31.2. The van der Waals surface area contributed by atoms with Crippen LogP contribution >= 0.6 is 7.60 Å². The van der Waals surface area contributed by atoms with Gasteiger partial charge in [0.15, 0.2) is 0 Å². The van der Waals surface area contributed by atoms with E-state index in [1.54, 1.807) is 6.08 Å². The molecule has 0 heterocycles. The lowest BCUT2D eigenvalue weighted by atomic mass is 10.2. The first-order valence-corrected chi connectivity index (χ1v) is 5.29. The van der Waals surface area contributed by atoms with Gasteiger partial charge in [0.2, 0.25) is 0 Å². The van der Waals surface area contributed by atoms with Crippen molar-refractivity contribution in [2.24, 2.45) is 0 Å². The molecule has 5 nitrogen and oxygen atoms in total. The van der Waals surface area contributed by atoms with Crippen molar-refractivity contribution in [3.8, 4) is 0 Å². The Labute approximate surface area is 71.3 Å². The Kier molecular flexibility index (Phi) is 5.37. The van der Waals surface area contributed by atoms with Gasteiger partial charge >= 0.3 is 7.60 Å². The van der Waals surface area contributed by atoms with Gasteiger partial charge in [0.25, 0.3) is 0 Å². The fourth-order valence-electron chi connectivity index (χ4n) is 0.672. The zero-order valence-corrected chi connectivity index (χ0v) is 7.57. The van der Waals surface area contributed by atoms with Crippen molar-refractivity contribution in [2.45, 2.75) is 12.5 Å². The van der Waals surface area contributed by atoms with Gasteiger partial charge in [-0.3, -0.25) is 4.57 Å². The minimum Gasteiger partial charge on any atom is -0.395 e. The Balaban J connectivity index is 3.72. The minimum absolute atomic E-state index is 0.161. The lowest BCUT2D eigenvalue weighted by Crippen LogP contribution is -2.32. The largest absolute Gasteiger partial charge is 0.395 e.